The average molecular weight is 316 g/mol. The molecule has 0 spiro atoms. The summed E-state index contributed by atoms with van der Waals surface area (Å²) in [6.45, 7) is 1.82. The van der Waals surface area contributed by atoms with Crippen LogP contribution in [0.2, 0.25) is 0 Å². The molecule has 0 unspecified atom stereocenters. The molecule has 0 aromatic heterocycles. The van der Waals surface area contributed by atoms with E-state index in [2.05, 4.69) is 4.90 Å². The molecule has 0 bridgehead atoms. The van der Waals surface area contributed by atoms with Crippen molar-refractivity contribution in [2.75, 3.05) is 26.7 Å². The monoisotopic (exact) mass is 316 g/mol. The third-order valence-corrected chi connectivity index (χ3v) is 4.62. The molecule has 2 aliphatic rings. The molecule has 23 heavy (non-hydrogen) atoms. The number of esters is 1. The predicted octanol–water partition coefficient (Wildman–Crippen LogP) is 1.31. The van der Waals surface area contributed by atoms with Crippen molar-refractivity contribution >= 4 is 17.8 Å². The van der Waals surface area contributed by atoms with Gasteiger partial charge in [0.05, 0.1) is 24.7 Å². The van der Waals surface area contributed by atoms with Crippen LogP contribution in [0, 0.1) is 0 Å². The van der Waals surface area contributed by atoms with E-state index >= 15 is 0 Å². The summed E-state index contributed by atoms with van der Waals surface area (Å²) in [5, 5.41) is 0. The summed E-state index contributed by atoms with van der Waals surface area (Å²) in [6.07, 6.45) is 2.32. The van der Waals surface area contributed by atoms with Gasteiger partial charge in [-0.1, -0.05) is 12.1 Å². The lowest BCUT2D eigenvalue weighted by atomic mass is 10.1. The van der Waals surface area contributed by atoms with Crippen LogP contribution in [0.15, 0.2) is 24.3 Å². The number of fused-ring (bicyclic) bond motifs is 1. The van der Waals surface area contributed by atoms with E-state index in [9.17, 15) is 14.4 Å². The van der Waals surface area contributed by atoms with Gasteiger partial charge in [0, 0.05) is 19.1 Å². The number of carbonyl (C=O) groups excluding carboxylic acids is 3. The minimum absolute atomic E-state index is 0.137. The van der Waals surface area contributed by atoms with Crippen molar-refractivity contribution < 1.29 is 19.1 Å². The lowest BCUT2D eigenvalue weighted by molar-refractivity contribution is -0.141. The van der Waals surface area contributed by atoms with Crippen molar-refractivity contribution in [2.24, 2.45) is 0 Å². The molecule has 0 N–H and O–H groups in total. The van der Waals surface area contributed by atoms with Crippen LogP contribution in [0.1, 0.15) is 40.0 Å². The Morgan fingerprint density at radius 3 is 2.43 bits per heavy atom. The van der Waals surface area contributed by atoms with Crippen molar-refractivity contribution in [1.29, 1.82) is 0 Å². The first kappa shape index (κ1) is 15.7. The number of hydrogen-bond acceptors (Lipinski definition) is 5. The van der Waals surface area contributed by atoms with E-state index in [1.54, 1.807) is 24.3 Å². The van der Waals surface area contributed by atoms with Crippen molar-refractivity contribution in [2.45, 2.75) is 25.3 Å². The molecule has 1 aromatic carbocycles. The summed E-state index contributed by atoms with van der Waals surface area (Å²) in [5.74, 6) is -0.675. The van der Waals surface area contributed by atoms with Gasteiger partial charge in [-0.3, -0.25) is 24.2 Å². The number of nitrogens with zero attached hydrogens (tertiary/aromatic N) is 2. The second kappa shape index (κ2) is 6.50. The Balaban J connectivity index is 1.62. The fraction of sp³-hybridized carbons (Fsp3) is 0.471. The number of imide groups is 1. The fourth-order valence-electron chi connectivity index (χ4n) is 3.37. The van der Waals surface area contributed by atoms with E-state index in [1.807, 2.05) is 0 Å². The van der Waals surface area contributed by atoms with Crippen molar-refractivity contribution in [3.05, 3.63) is 35.4 Å². The number of amides is 2. The molecule has 2 heterocycles. The Morgan fingerprint density at radius 1 is 1.17 bits per heavy atom. The van der Waals surface area contributed by atoms with Gasteiger partial charge in [-0.15, -0.1) is 0 Å². The van der Waals surface area contributed by atoms with Crippen LogP contribution < -0.4 is 0 Å². The van der Waals surface area contributed by atoms with E-state index < -0.39 is 0 Å². The Bertz CT molecular complexity index is 608. The number of rotatable bonds is 5. The summed E-state index contributed by atoms with van der Waals surface area (Å²) < 4.78 is 4.73. The third kappa shape index (κ3) is 2.99. The molecular formula is C17H20N2O4. The van der Waals surface area contributed by atoms with Gasteiger partial charge in [0.1, 0.15) is 0 Å². The van der Waals surface area contributed by atoms with Gasteiger partial charge in [0.15, 0.2) is 0 Å². The van der Waals surface area contributed by atoms with E-state index in [0.29, 0.717) is 30.6 Å². The second-order valence-corrected chi connectivity index (χ2v) is 5.92. The molecule has 1 atom stereocenters. The summed E-state index contributed by atoms with van der Waals surface area (Å²) in [6, 6.07) is 7.04. The molecule has 1 fully saturated rings. The zero-order valence-corrected chi connectivity index (χ0v) is 13.2. The number of carbonyl (C=O) groups is 3. The van der Waals surface area contributed by atoms with Gasteiger partial charge < -0.3 is 4.74 Å². The van der Waals surface area contributed by atoms with Gasteiger partial charge in [-0.25, -0.2) is 0 Å². The zero-order valence-electron chi connectivity index (χ0n) is 13.2. The van der Waals surface area contributed by atoms with Crippen molar-refractivity contribution in [3.8, 4) is 0 Å². The molecule has 3 rings (SSSR count). The van der Waals surface area contributed by atoms with Gasteiger partial charge in [0.2, 0.25) is 0 Å². The topological polar surface area (TPSA) is 66.9 Å². The standard InChI is InChI=1S/C17H20N2O4/c1-23-15(20)11-12-5-4-8-18(12)9-10-19-16(21)13-6-2-3-7-14(13)17(19)22/h2-3,6-7,12H,4-5,8-11H2,1H3/t12-/m1/s1. The quantitative estimate of drug-likeness (QED) is 0.605. The van der Waals surface area contributed by atoms with Gasteiger partial charge >= 0.3 is 5.97 Å². The lowest BCUT2D eigenvalue weighted by Gasteiger charge is -2.25. The first-order valence-electron chi connectivity index (χ1n) is 7.88. The predicted molar refractivity (Wildman–Crippen MR) is 83.0 cm³/mol. The maximum atomic E-state index is 12.3. The van der Waals surface area contributed by atoms with Gasteiger partial charge in [0.25, 0.3) is 11.8 Å². The molecule has 1 aromatic rings. The summed E-state index contributed by atoms with van der Waals surface area (Å²) in [5.41, 5.74) is 0.954. The molecule has 2 aliphatic heterocycles. The number of benzene rings is 1. The van der Waals surface area contributed by atoms with Gasteiger partial charge in [-0.05, 0) is 31.5 Å². The Kier molecular flexibility index (Phi) is 4.43. The third-order valence-electron chi connectivity index (χ3n) is 4.62. The molecule has 1 saturated heterocycles. The first-order valence-corrected chi connectivity index (χ1v) is 7.88. The van der Waals surface area contributed by atoms with Crippen molar-refractivity contribution in [3.63, 3.8) is 0 Å². The SMILES string of the molecule is COC(=O)C[C@H]1CCCN1CCN1C(=O)c2ccccc2C1=O. The molecule has 0 saturated carbocycles. The number of hydrogen-bond donors (Lipinski definition) is 0. The highest BCUT2D eigenvalue weighted by Gasteiger charge is 2.36. The summed E-state index contributed by atoms with van der Waals surface area (Å²) in [7, 11) is 1.39. The molecule has 2 amide bonds. The normalized spacial score (nSPS) is 20.9. The minimum Gasteiger partial charge on any atom is -0.469 e. The zero-order chi connectivity index (χ0) is 16.4. The molecule has 6 heteroatoms. The number of likely N-dealkylation sites (tertiary alicyclic amines) is 1. The van der Waals surface area contributed by atoms with E-state index in [1.165, 1.54) is 12.0 Å². The molecule has 6 nitrogen and oxygen atoms in total. The first-order chi connectivity index (χ1) is 11.1. The Labute approximate surface area is 135 Å². The smallest absolute Gasteiger partial charge is 0.307 e. The molecule has 122 valence electrons. The van der Waals surface area contributed by atoms with Crippen LogP contribution in [0.3, 0.4) is 0 Å². The van der Waals surface area contributed by atoms with Crippen molar-refractivity contribution in [1.82, 2.24) is 9.80 Å². The fourth-order valence-corrected chi connectivity index (χ4v) is 3.37. The van der Waals surface area contributed by atoms with Gasteiger partial charge in [-0.2, -0.15) is 0 Å². The highest BCUT2D eigenvalue weighted by Crippen LogP contribution is 2.24. The average Bonchev–Trinajstić information content (AvgIpc) is 3.10. The van der Waals surface area contributed by atoms with Crippen LogP contribution in [-0.4, -0.2) is 60.4 Å². The maximum absolute atomic E-state index is 12.3. The Hall–Kier alpha value is -2.21. The summed E-state index contributed by atoms with van der Waals surface area (Å²) in [4.78, 5) is 39.6. The largest absolute Gasteiger partial charge is 0.469 e. The second-order valence-electron chi connectivity index (χ2n) is 5.92. The van der Waals surface area contributed by atoms with Crippen LogP contribution >= 0.6 is 0 Å². The van der Waals surface area contributed by atoms with Crippen LogP contribution in [-0.2, 0) is 9.53 Å². The Morgan fingerprint density at radius 2 is 1.83 bits per heavy atom. The minimum atomic E-state index is -0.227. The number of ether oxygens (including phenoxy) is 1. The maximum Gasteiger partial charge on any atom is 0.307 e. The summed E-state index contributed by atoms with van der Waals surface area (Å²) >= 11 is 0. The number of methoxy groups -OCH3 is 1. The van der Waals surface area contributed by atoms with E-state index in [-0.39, 0.29) is 23.8 Å². The lowest BCUT2D eigenvalue weighted by Crippen LogP contribution is -2.40. The highest BCUT2D eigenvalue weighted by molar-refractivity contribution is 6.21. The van der Waals surface area contributed by atoms with Crippen LogP contribution in [0.4, 0.5) is 0 Å². The molecule has 0 aliphatic carbocycles. The van der Waals surface area contributed by atoms with E-state index in [4.69, 9.17) is 4.74 Å². The van der Waals surface area contributed by atoms with E-state index in [0.717, 1.165) is 19.4 Å². The molecular weight excluding hydrogens is 296 g/mol. The highest BCUT2D eigenvalue weighted by atomic mass is 16.5. The van der Waals surface area contributed by atoms with Crippen LogP contribution in [0.25, 0.3) is 0 Å². The van der Waals surface area contributed by atoms with Crippen LogP contribution in [0.5, 0.6) is 0 Å². The molecule has 0 radical (unpaired) electrons.